The van der Waals surface area contributed by atoms with Crippen LogP contribution in [-0.4, -0.2) is 79.9 Å². The Morgan fingerprint density at radius 2 is 1.93 bits per heavy atom. The summed E-state index contributed by atoms with van der Waals surface area (Å²) >= 11 is 0. The normalized spacial score (nSPS) is 18.7. The van der Waals surface area contributed by atoms with Crippen LogP contribution in [0.25, 0.3) is 0 Å². The number of aryl methyl sites for hydroxylation is 1. The molecule has 2 aliphatic rings. The van der Waals surface area contributed by atoms with Gasteiger partial charge in [0.1, 0.15) is 12.2 Å². The van der Waals surface area contributed by atoms with E-state index < -0.39 is 48.7 Å². The van der Waals surface area contributed by atoms with Crippen molar-refractivity contribution < 1.29 is 41.6 Å². The van der Waals surface area contributed by atoms with E-state index in [1.54, 1.807) is 36.4 Å². The first kappa shape index (κ1) is 32.7. The van der Waals surface area contributed by atoms with Crippen LogP contribution in [0.5, 0.6) is 0 Å². The van der Waals surface area contributed by atoms with Crippen LogP contribution in [0.15, 0.2) is 53.4 Å². The van der Waals surface area contributed by atoms with Crippen LogP contribution >= 0.6 is 7.82 Å². The minimum atomic E-state index is -5.12. The third kappa shape index (κ3) is 8.89. The summed E-state index contributed by atoms with van der Waals surface area (Å²) in [5.74, 6) is -0.113. The largest absolute Gasteiger partial charge is 0.469 e. The van der Waals surface area contributed by atoms with E-state index >= 15 is 0 Å². The number of hydrogen-bond donors (Lipinski definition) is 3. The van der Waals surface area contributed by atoms with Gasteiger partial charge >= 0.3 is 13.9 Å². The molecule has 2 aliphatic heterocycles. The van der Waals surface area contributed by atoms with Gasteiger partial charge in [-0.05, 0) is 36.5 Å². The zero-order valence-electron chi connectivity index (χ0n) is 24.2. The minimum Gasteiger partial charge on any atom is -0.444 e. The summed E-state index contributed by atoms with van der Waals surface area (Å²) < 4.78 is 57.4. The van der Waals surface area contributed by atoms with E-state index in [2.05, 4.69) is 12.1 Å². The number of phosphoric ester groups is 1. The fourth-order valence-electron chi connectivity index (χ4n) is 5.49. The Bertz CT molecular complexity index is 1370. The molecule has 14 heteroatoms. The second-order valence-corrected chi connectivity index (χ2v) is 14.6. The number of sulfonamides is 1. The van der Waals surface area contributed by atoms with Crippen molar-refractivity contribution in [2.45, 2.75) is 69.4 Å². The van der Waals surface area contributed by atoms with Crippen molar-refractivity contribution in [2.24, 2.45) is 5.92 Å². The Labute approximate surface area is 248 Å². The third-order valence-electron chi connectivity index (χ3n) is 7.57. The molecule has 42 heavy (non-hydrogen) atoms. The molecule has 0 saturated carbocycles. The number of benzene rings is 2. The van der Waals surface area contributed by atoms with Crippen LogP contribution in [0.4, 0.5) is 4.79 Å². The zero-order chi connectivity index (χ0) is 30.5. The van der Waals surface area contributed by atoms with Gasteiger partial charge in [-0.2, -0.15) is 4.31 Å². The Morgan fingerprint density at radius 1 is 1.19 bits per heavy atom. The number of carbonyl (C=O) groups is 1. The lowest BCUT2D eigenvalue weighted by atomic mass is 9.48. The first-order valence-corrected chi connectivity index (χ1v) is 17.2. The van der Waals surface area contributed by atoms with Crippen LogP contribution in [0.3, 0.4) is 0 Å². The molecule has 11 nitrogen and oxygen atoms in total. The minimum absolute atomic E-state index is 0.0682. The lowest BCUT2D eigenvalue weighted by Gasteiger charge is -2.33. The highest BCUT2D eigenvalue weighted by Gasteiger charge is 2.37. The summed E-state index contributed by atoms with van der Waals surface area (Å²) in [5, 5.41) is 2.70. The topological polar surface area (TPSA) is 152 Å². The summed E-state index contributed by atoms with van der Waals surface area (Å²) in [6.07, 6.45) is -0.317. The van der Waals surface area contributed by atoms with Gasteiger partial charge < -0.3 is 24.6 Å². The average Bonchev–Trinajstić information content (AvgIpc) is 3.56. The molecule has 1 amide bonds. The van der Waals surface area contributed by atoms with E-state index in [4.69, 9.17) is 14.0 Å². The van der Waals surface area contributed by atoms with E-state index in [1.807, 2.05) is 26.0 Å². The van der Waals surface area contributed by atoms with Gasteiger partial charge in [-0.1, -0.05) is 74.4 Å². The van der Waals surface area contributed by atoms with Crippen LogP contribution in [-0.2, 0) is 41.4 Å². The first-order chi connectivity index (χ1) is 19.8. The Balaban J connectivity index is 1.67. The number of phosphoric acid groups is 1. The fraction of sp³-hybridized carbons (Fsp3) is 0.536. The SMILES string of the molecule is CB1CCc2cc(S(=O)(=O)N(CC(C)C)C[C@@H](OP(=O)(O)O)[C@H](Cc3ccccc3)NC(=O)OC3CCOC3)ccc21. The van der Waals surface area contributed by atoms with Crippen molar-refractivity contribution in [2.75, 3.05) is 26.3 Å². The molecule has 1 unspecified atom stereocenters. The highest BCUT2D eigenvalue weighted by atomic mass is 32.2. The van der Waals surface area contributed by atoms with Gasteiger partial charge in [0.05, 0.1) is 24.2 Å². The number of fused-ring (bicyclic) bond motifs is 1. The van der Waals surface area contributed by atoms with Gasteiger partial charge in [-0.25, -0.2) is 17.8 Å². The number of amides is 1. The van der Waals surface area contributed by atoms with E-state index in [0.717, 1.165) is 29.3 Å². The molecule has 0 radical (unpaired) electrons. The predicted molar refractivity (Wildman–Crippen MR) is 159 cm³/mol. The molecule has 2 aromatic carbocycles. The molecule has 2 heterocycles. The first-order valence-electron chi connectivity index (χ1n) is 14.3. The molecule has 4 rings (SSSR count). The molecule has 0 bridgehead atoms. The average molecular weight is 622 g/mol. The van der Waals surface area contributed by atoms with Gasteiger partial charge in [0, 0.05) is 19.5 Å². The standard InChI is InChI=1S/C28H40BN2O9PS/c1-20(2)17-31(42(36,37)24-9-10-25-22(16-24)11-13-29(25)3)18-27(40-41(33,34)35)26(15-21-7-5-4-6-8-21)30-28(32)39-23-12-14-38-19-23/h4-10,16,20,23,26-27H,11-15,17-19H2,1-3H3,(H,30,32)(H2,33,34,35)/t23?,26-,27+/m0/s1. The van der Waals surface area contributed by atoms with E-state index in [0.29, 0.717) is 19.7 Å². The summed E-state index contributed by atoms with van der Waals surface area (Å²) in [4.78, 5) is 32.8. The molecular weight excluding hydrogens is 582 g/mol. The summed E-state index contributed by atoms with van der Waals surface area (Å²) in [7, 11) is -9.22. The van der Waals surface area contributed by atoms with Gasteiger partial charge in [0.2, 0.25) is 10.0 Å². The van der Waals surface area contributed by atoms with E-state index in [9.17, 15) is 27.6 Å². The molecule has 0 aromatic heterocycles. The molecule has 230 valence electrons. The quantitative estimate of drug-likeness (QED) is 0.226. The van der Waals surface area contributed by atoms with Gasteiger partial charge in [0.25, 0.3) is 0 Å². The van der Waals surface area contributed by atoms with E-state index in [-0.39, 0.29) is 30.4 Å². The Kier molecular flexibility index (Phi) is 10.9. The number of nitrogens with zero attached hydrogens (tertiary/aromatic N) is 1. The molecule has 0 aliphatic carbocycles. The number of alkyl carbamates (subject to hydrolysis) is 1. The molecule has 1 saturated heterocycles. The Hall–Kier alpha value is -2.25. The maximum absolute atomic E-state index is 14.0. The zero-order valence-corrected chi connectivity index (χ0v) is 25.9. The van der Waals surface area contributed by atoms with Gasteiger partial charge in [0.15, 0.2) is 6.71 Å². The second kappa shape index (κ2) is 14.0. The maximum atomic E-state index is 14.0. The van der Waals surface area contributed by atoms with Gasteiger partial charge in [-0.15, -0.1) is 0 Å². The number of rotatable bonds is 13. The lowest BCUT2D eigenvalue weighted by Crippen LogP contribution is -2.52. The van der Waals surface area contributed by atoms with Gasteiger partial charge in [-0.3, -0.25) is 4.52 Å². The predicted octanol–water partition coefficient (Wildman–Crippen LogP) is 2.83. The van der Waals surface area contributed by atoms with Crippen molar-refractivity contribution in [1.29, 1.82) is 0 Å². The summed E-state index contributed by atoms with van der Waals surface area (Å²) in [6, 6.07) is 13.1. The van der Waals surface area contributed by atoms with Crippen molar-refractivity contribution in [3.8, 4) is 0 Å². The van der Waals surface area contributed by atoms with Crippen molar-refractivity contribution in [3.63, 3.8) is 0 Å². The summed E-state index contributed by atoms with van der Waals surface area (Å²) in [5.41, 5.74) is 2.86. The number of ether oxygens (including phenoxy) is 2. The monoisotopic (exact) mass is 622 g/mol. The molecule has 3 N–H and O–H groups in total. The van der Waals surface area contributed by atoms with Crippen molar-refractivity contribution in [1.82, 2.24) is 9.62 Å². The number of nitrogens with one attached hydrogen (secondary N) is 1. The van der Waals surface area contributed by atoms with E-state index in [1.165, 1.54) is 4.31 Å². The number of hydrogen-bond acceptors (Lipinski definition) is 7. The molecule has 0 spiro atoms. The van der Waals surface area contributed by atoms with Crippen LogP contribution in [0.2, 0.25) is 13.1 Å². The fourth-order valence-corrected chi connectivity index (χ4v) is 7.72. The van der Waals surface area contributed by atoms with Crippen LogP contribution < -0.4 is 10.8 Å². The highest BCUT2D eigenvalue weighted by Crippen LogP contribution is 2.39. The number of carbonyl (C=O) groups excluding carboxylic acids is 1. The molecule has 1 fully saturated rings. The lowest BCUT2D eigenvalue weighted by molar-refractivity contribution is 0.0601. The highest BCUT2D eigenvalue weighted by molar-refractivity contribution is 7.89. The third-order valence-corrected chi connectivity index (χ3v) is 9.94. The summed E-state index contributed by atoms with van der Waals surface area (Å²) in [6.45, 7) is 6.53. The second-order valence-electron chi connectivity index (χ2n) is 11.5. The van der Waals surface area contributed by atoms with Crippen LogP contribution in [0.1, 0.15) is 31.4 Å². The van der Waals surface area contributed by atoms with Crippen LogP contribution in [0, 0.1) is 5.92 Å². The maximum Gasteiger partial charge on any atom is 0.469 e. The molecule has 2 aromatic rings. The molecular formula is C28H40BN2O9PS. The van der Waals surface area contributed by atoms with Crippen molar-refractivity contribution >= 4 is 36.1 Å². The molecule has 3 atom stereocenters. The van der Waals surface area contributed by atoms with Crippen molar-refractivity contribution in [3.05, 3.63) is 59.7 Å². The smallest absolute Gasteiger partial charge is 0.444 e. The Morgan fingerprint density at radius 3 is 2.57 bits per heavy atom.